The van der Waals surface area contributed by atoms with Gasteiger partial charge in [-0.15, -0.1) is 0 Å². The van der Waals surface area contributed by atoms with E-state index in [-0.39, 0.29) is 12.1 Å². The van der Waals surface area contributed by atoms with E-state index in [9.17, 15) is 9.59 Å². The van der Waals surface area contributed by atoms with Crippen LogP contribution >= 0.6 is 0 Å². The van der Waals surface area contributed by atoms with Gasteiger partial charge < -0.3 is 20.1 Å². The van der Waals surface area contributed by atoms with Gasteiger partial charge >= 0.3 is 12.0 Å². The van der Waals surface area contributed by atoms with Crippen LogP contribution in [0.2, 0.25) is 0 Å². The van der Waals surface area contributed by atoms with Crippen molar-refractivity contribution in [3.8, 4) is 0 Å². The molecule has 0 aliphatic rings. The van der Waals surface area contributed by atoms with Gasteiger partial charge in [0.15, 0.2) is 0 Å². The first kappa shape index (κ1) is 15.7. The van der Waals surface area contributed by atoms with Crippen LogP contribution < -0.4 is 5.32 Å². The lowest BCUT2D eigenvalue weighted by Gasteiger charge is -2.28. The molecular formula is C11H22N2O4. The predicted molar refractivity (Wildman–Crippen MR) is 64.0 cm³/mol. The first-order chi connectivity index (χ1) is 7.93. The van der Waals surface area contributed by atoms with Crippen LogP contribution in [0.25, 0.3) is 0 Å². The maximum atomic E-state index is 11.9. The summed E-state index contributed by atoms with van der Waals surface area (Å²) in [7, 11) is 1.56. The van der Waals surface area contributed by atoms with Gasteiger partial charge in [-0.2, -0.15) is 0 Å². The largest absolute Gasteiger partial charge is 0.480 e. The van der Waals surface area contributed by atoms with Gasteiger partial charge in [0.1, 0.15) is 6.04 Å². The molecule has 2 amide bonds. The third-order valence-electron chi connectivity index (χ3n) is 2.42. The monoisotopic (exact) mass is 246 g/mol. The number of hydrogen-bond donors (Lipinski definition) is 2. The molecule has 6 nitrogen and oxygen atoms in total. The minimum atomic E-state index is -1.02. The summed E-state index contributed by atoms with van der Waals surface area (Å²) in [6.07, 6.45) is 0.358. The van der Waals surface area contributed by atoms with Crippen LogP contribution in [0.15, 0.2) is 0 Å². The molecule has 100 valence electrons. The second-order valence-electron chi connectivity index (χ2n) is 4.03. The number of ether oxygens (including phenoxy) is 1. The van der Waals surface area contributed by atoms with E-state index in [1.807, 2.05) is 13.8 Å². The predicted octanol–water partition coefficient (Wildman–Crippen LogP) is 0.916. The summed E-state index contributed by atoms with van der Waals surface area (Å²) in [6, 6.07) is -1.21. The number of nitrogens with one attached hydrogen (secondary N) is 1. The van der Waals surface area contributed by atoms with Crippen LogP contribution in [0.1, 0.15) is 27.2 Å². The highest BCUT2D eigenvalue weighted by Gasteiger charge is 2.22. The number of aliphatic carboxylic acids is 1. The van der Waals surface area contributed by atoms with E-state index >= 15 is 0 Å². The average molecular weight is 246 g/mol. The maximum absolute atomic E-state index is 11.9. The number of amides is 2. The maximum Gasteiger partial charge on any atom is 0.326 e. The van der Waals surface area contributed by atoms with E-state index in [0.717, 1.165) is 0 Å². The zero-order valence-electron chi connectivity index (χ0n) is 10.9. The average Bonchev–Trinajstić information content (AvgIpc) is 2.25. The van der Waals surface area contributed by atoms with Crippen LogP contribution in [0.5, 0.6) is 0 Å². The van der Waals surface area contributed by atoms with Crippen molar-refractivity contribution < 1.29 is 19.4 Å². The summed E-state index contributed by atoms with van der Waals surface area (Å²) in [5, 5.41) is 11.3. The fourth-order valence-electron chi connectivity index (χ4n) is 1.35. The van der Waals surface area contributed by atoms with Crippen molar-refractivity contribution in [3.63, 3.8) is 0 Å². The second kappa shape index (κ2) is 7.89. The Morgan fingerprint density at radius 1 is 1.41 bits per heavy atom. The molecule has 0 aromatic heterocycles. The van der Waals surface area contributed by atoms with E-state index in [1.165, 1.54) is 0 Å². The molecular weight excluding hydrogens is 224 g/mol. The molecule has 2 N–H and O–H groups in total. The lowest BCUT2D eigenvalue weighted by Crippen LogP contribution is -2.50. The van der Waals surface area contributed by atoms with E-state index in [1.54, 1.807) is 18.9 Å². The molecule has 17 heavy (non-hydrogen) atoms. The first-order valence-electron chi connectivity index (χ1n) is 5.72. The van der Waals surface area contributed by atoms with Crippen LogP contribution in [-0.2, 0) is 9.53 Å². The van der Waals surface area contributed by atoms with E-state index in [4.69, 9.17) is 9.84 Å². The molecule has 0 saturated heterocycles. The summed E-state index contributed by atoms with van der Waals surface area (Å²) >= 11 is 0. The van der Waals surface area contributed by atoms with Gasteiger partial charge in [-0.25, -0.2) is 9.59 Å². The Labute approximate surface area is 102 Å². The first-order valence-corrected chi connectivity index (χ1v) is 5.72. The van der Waals surface area contributed by atoms with Crippen molar-refractivity contribution in [2.75, 3.05) is 20.3 Å². The molecule has 6 heteroatoms. The van der Waals surface area contributed by atoms with Crippen LogP contribution in [-0.4, -0.2) is 54.4 Å². The molecule has 0 rings (SSSR count). The number of rotatable bonds is 7. The number of carbonyl (C=O) groups excluding carboxylic acids is 1. The van der Waals surface area contributed by atoms with Gasteiger partial charge in [-0.3, -0.25) is 0 Å². The van der Waals surface area contributed by atoms with Crippen molar-refractivity contribution in [3.05, 3.63) is 0 Å². The Balaban J connectivity index is 4.45. The van der Waals surface area contributed by atoms with Gasteiger partial charge in [0.05, 0.1) is 6.61 Å². The summed E-state index contributed by atoms with van der Waals surface area (Å²) < 4.78 is 4.91. The summed E-state index contributed by atoms with van der Waals surface area (Å²) in [4.78, 5) is 24.2. The number of nitrogens with zero attached hydrogens (tertiary/aromatic N) is 1. The molecule has 0 aromatic rings. The van der Waals surface area contributed by atoms with Crippen LogP contribution in [0, 0.1) is 0 Å². The zero-order valence-corrected chi connectivity index (χ0v) is 10.9. The van der Waals surface area contributed by atoms with E-state index < -0.39 is 12.0 Å². The summed E-state index contributed by atoms with van der Waals surface area (Å²) in [5.41, 5.74) is 0. The fourth-order valence-corrected chi connectivity index (χ4v) is 1.35. The van der Waals surface area contributed by atoms with E-state index in [2.05, 4.69) is 5.32 Å². The number of carboxylic acid groups (broad SMARTS) is 1. The Kier molecular flexibility index (Phi) is 7.29. The molecule has 0 fully saturated rings. The Morgan fingerprint density at radius 3 is 2.35 bits per heavy atom. The summed E-state index contributed by atoms with van der Waals surface area (Å²) in [6.45, 7) is 6.33. The summed E-state index contributed by atoms with van der Waals surface area (Å²) in [5.74, 6) is -1.02. The smallest absolute Gasteiger partial charge is 0.326 e. The Morgan fingerprint density at radius 2 is 2.00 bits per heavy atom. The minimum absolute atomic E-state index is 0.00329. The van der Waals surface area contributed by atoms with Crippen molar-refractivity contribution in [1.29, 1.82) is 0 Å². The molecule has 0 radical (unpaired) electrons. The van der Waals surface area contributed by atoms with Gasteiger partial charge in [0.2, 0.25) is 0 Å². The lowest BCUT2D eigenvalue weighted by atomic mass is 10.2. The number of urea groups is 1. The van der Waals surface area contributed by atoms with Gasteiger partial charge in [0, 0.05) is 19.7 Å². The standard InChI is InChI=1S/C11H22N2O4/c1-5-9(10(14)15)12-11(16)13(8(2)3)6-7-17-4/h8-9H,5-7H2,1-4H3,(H,12,16)(H,14,15)/t9-/m1/s1. The fraction of sp³-hybridized carbons (Fsp3) is 0.818. The highest BCUT2D eigenvalue weighted by atomic mass is 16.5. The van der Waals surface area contributed by atoms with E-state index in [0.29, 0.717) is 19.6 Å². The molecule has 0 aliphatic carbocycles. The molecule has 0 spiro atoms. The topological polar surface area (TPSA) is 78.9 Å². The SMILES string of the molecule is CC[C@@H](NC(=O)N(CCOC)C(C)C)C(=O)O. The molecule has 0 aliphatic heterocycles. The van der Waals surface area contributed by atoms with Crippen LogP contribution in [0.3, 0.4) is 0 Å². The molecule has 0 unspecified atom stereocenters. The lowest BCUT2D eigenvalue weighted by molar-refractivity contribution is -0.139. The third kappa shape index (κ3) is 5.53. The van der Waals surface area contributed by atoms with Gasteiger partial charge in [-0.1, -0.05) is 6.92 Å². The molecule has 0 bridgehead atoms. The molecule has 0 aromatic carbocycles. The second-order valence-corrected chi connectivity index (χ2v) is 4.03. The van der Waals surface area contributed by atoms with Crippen molar-refractivity contribution in [2.45, 2.75) is 39.3 Å². The van der Waals surface area contributed by atoms with Gasteiger partial charge in [-0.05, 0) is 20.3 Å². The highest BCUT2D eigenvalue weighted by molar-refractivity contribution is 5.82. The Hall–Kier alpha value is -1.30. The number of methoxy groups -OCH3 is 1. The zero-order chi connectivity index (χ0) is 13.4. The van der Waals surface area contributed by atoms with Gasteiger partial charge in [0.25, 0.3) is 0 Å². The van der Waals surface area contributed by atoms with Crippen molar-refractivity contribution >= 4 is 12.0 Å². The number of carboxylic acids is 1. The highest BCUT2D eigenvalue weighted by Crippen LogP contribution is 2.01. The van der Waals surface area contributed by atoms with Crippen LogP contribution in [0.4, 0.5) is 4.79 Å². The number of hydrogen-bond acceptors (Lipinski definition) is 3. The Bertz CT molecular complexity index is 256. The third-order valence-corrected chi connectivity index (χ3v) is 2.42. The normalized spacial score (nSPS) is 12.3. The molecule has 0 heterocycles. The molecule has 0 saturated carbocycles. The van der Waals surface area contributed by atoms with Crippen molar-refractivity contribution in [2.24, 2.45) is 0 Å². The quantitative estimate of drug-likeness (QED) is 0.700. The minimum Gasteiger partial charge on any atom is -0.480 e. The molecule has 1 atom stereocenters. The van der Waals surface area contributed by atoms with Crippen molar-refractivity contribution in [1.82, 2.24) is 10.2 Å². The number of carbonyl (C=O) groups is 2.